The molecule has 0 fully saturated rings. The Morgan fingerprint density at radius 2 is 2.17 bits per heavy atom. The van der Waals surface area contributed by atoms with Gasteiger partial charge in [0, 0.05) is 23.8 Å². The van der Waals surface area contributed by atoms with E-state index in [4.69, 9.17) is 0 Å². The highest BCUT2D eigenvalue weighted by Crippen LogP contribution is 2.24. The second-order valence-corrected chi connectivity index (χ2v) is 2.52. The SMILES string of the molecule is Oc1cc(F)cc2ccncc12. The molecule has 2 nitrogen and oxygen atoms in total. The van der Waals surface area contributed by atoms with E-state index in [1.807, 2.05) is 0 Å². The van der Waals surface area contributed by atoms with E-state index >= 15 is 0 Å². The van der Waals surface area contributed by atoms with Crippen LogP contribution in [0.15, 0.2) is 30.6 Å². The molecule has 0 radical (unpaired) electrons. The molecule has 0 bridgehead atoms. The number of fused-ring (bicyclic) bond motifs is 1. The van der Waals surface area contributed by atoms with Crippen molar-refractivity contribution >= 4 is 10.8 Å². The predicted octanol–water partition coefficient (Wildman–Crippen LogP) is 2.08. The molecule has 0 saturated heterocycles. The summed E-state index contributed by atoms with van der Waals surface area (Å²) in [6.45, 7) is 0. The van der Waals surface area contributed by atoms with Crippen LogP contribution in [-0.4, -0.2) is 10.1 Å². The normalized spacial score (nSPS) is 10.4. The molecule has 3 heteroatoms. The molecule has 0 atom stereocenters. The predicted molar refractivity (Wildman–Crippen MR) is 43.4 cm³/mol. The number of halogens is 1. The summed E-state index contributed by atoms with van der Waals surface area (Å²) >= 11 is 0. The van der Waals surface area contributed by atoms with Crippen LogP contribution in [0.5, 0.6) is 5.75 Å². The summed E-state index contributed by atoms with van der Waals surface area (Å²) in [6.07, 6.45) is 3.06. The molecule has 0 saturated carbocycles. The van der Waals surface area contributed by atoms with E-state index in [0.717, 1.165) is 6.07 Å². The third-order valence-corrected chi connectivity index (χ3v) is 1.70. The molecule has 0 aliphatic heterocycles. The number of hydrogen-bond donors (Lipinski definition) is 1. The highest BCUT2D eigenvalue weighted by molar-refractivity contribution is 5.87. The van der Waals surface area contributed by atoms with Crippen molar-refractivity contribution in [1.82, 2.24) is 4.98 Å². The largest absolute Gasteiger partial charge is 0.507 e. The number of hydrogen-bond acceptors (Lipinski definition) is 2. The number of nitrogens with zero attached hydrogens (tertiary/aromatic N) is 1. The van der Waals surface area contributed by atoms with Crippen LogP contribution in [0.2, 0.25) is 0 Å². The number of aromatic nitrogens is 1. The zero-order chi connectivity index (χ0) is 8.55. The van der Waals surface area contributed by atoms with Gasteiger partial charge in [-0.15, -0.1) is 0 Å². The Hall–Kier alpha value is -1.64. The summed E-state index contributed by atoms with van der Waals surface area (Å²) < 4.78 is 12.7. The van der Waals surface area contributed by atoms with Gasteiger partial charge in [0.2, 0.25) is 0 Å². The van der Waals surface area contributed by atoms with Gasteiger partial charge in [-0.25, -0.2) is 4.39 Å². The molecule has 1 N–H and O–H groups in total. The smallest absolute Gasteiger partial charge is 0.127 e. The molecule has 1 aromatic carbocycles. The lowest BCUT2D eigenvalue weighted by molar-refractivity contribution is 0.475. The first-order chi connectivity index (χ1) is 5.77. The van der Waals surface area contributed by atoms with Crippen molar-refractivity contribution in [3.63, 3.8) is 0 Å². The first-order valence-corrected chi connectivity index (χ1v) is 3.49. The van der Waals surface area contributed by atoms with Crippen LogP contribution in [0.25, 0.3) is 10.8 Å². The van der Waals surface area contributed by atoms with Gasteiger partial charge in [-0.1, -0.05) is 0 Å². The van der Waals surface area contributed by atoms with Crippen molar-refractivity contribution in [1.29, 1.82) is 0 Å². The van der Waals surface area contributed by atoms with E-state index in [0.29, 0.717) is 10.8 Å². The summed E-state index contributed by atoms with van der Waals surface area (Å²) in [7, 11) is 0. The summed E-state index contributed by atoms with van der Waals surface area (Å²) in [5.41, 5.74) is 0. The van der Waals surface area contributed by atoms with Gasteiger partial charge >= 0.3 is 0 Å². The monoisotopic (exact) mass is 163 g/mol. The topological polar surface area (TPSA) is 33.1 Å². The van der Waals surface area contributed by atoms with Crippen LogP contribution in [0.4, 0.5) is 4.39 Å². The summed E-state index contributed by atoms with van der Waals surface area (Å²) in [6, 6.07) is 4.08. The fraction of sp³-hybridized carbons (Fsp3) is 0. The van der Waals surface area contributed by atoms with Crippen LogP contribution in [0.3, 0.4) is 0 Å². The molecular formula is C9H6FNO. The van der Waals surface area contributed by atoms with Crippen molar-refractivity contribution in [2.75, 3.05) is 0 Å². The van der Waals surface area contributed by atoms with E-state index in [1.54, 1.807) is 12.3 Å². The fourth-order valence-electron chi connectivity index (χ4n) is 1.14. The van der Waals surface area contributed by atoms with E-state index in [2.05, 4.69) is 4.98 Å². The Labute approximate surface area is 68.3 Å². The first kappa shape index (κ1) is 7.03. The van der Waals surface area contributed by atoms with Gasteiger partial charge in [-0.3, -0.25) is 4.98 Å². The van der Waals surface area contributed by atoms with Gasteiger partial charge in [0.1, 0.15) is 11.6 Å². The molecule has 0 unspecified atom stereocenters. The van der Waals surface area contributed by atoms with Crippen LogP contribution < -0.4 is 0 Å². The average Bonchev–Trinajstić information content (AvgIpc) is 2.04. The number of aromatic hydroxyl groups is 1. The molecule has 0 aliphatic rings. The van der Waals surface area contributed by atoms with Crippen molar-refractivity contribution < 1.29 is 9.50 Å². The third-order valence-electron chi connectivity index (χ3n) is 1.70. The van der Waals surface area contributed by atoms with Gasteiger partial charge in [-0.2, -0.15) is 0 Å². The van der Waals surface area contributed by atoms with Crippen molar-refractivity contribution in [3.05, 3.63) is 36.4 Å². The van der Waals surface area contributed by atoms with Gasteiger partial charge in [-0.05, 0) is 17.5 Å². The summed E-state index contributed by atoms with van der Waals surface area (Å²) in [5.74, 6) is -0.510. The highest BCUT2D eigenvalue weighted by Gasteiger charge is 2.01. The van der Waals surface area contributed by atoms with Gasteiger partial charge in [0.25, 0.3) is 0 Å². The Balaban J connectivity index is 2.89. The number of phenols is 1. The average molecular weight is 163 g/mol. The molecule has 1 aromatic heterocycles. The first-order valence-electron chi connectivity index (χ1n) is 3.49. The molecule has 2 aromatic rings. The van der Waals surface area contributed by atoms with Crippen LogP contribution in [0.1, 0.15) is 0 Å². The van der Waals surface area contributed by atoms with E-state index in [1.165, 1.54) is 12.3 Å². The van der Waals surface area contributed by atoms with Crippen LogP contribution in [-0.2, 0) is 0 Å². The third kappa shape index (κ3) is 0.993. The molecule has 1 heterocycles. The Bertz CT molecular complexity index is 428. The van der Waals surface area contributed by atoms with Crippen LogP contribution in [0, 0.1) is 5.82 Å². The fourth-order valence-corrected chi connectivity index (χ4v) is 1.14. The van der Waals surface area contributed by atoms with E-state index in [9.17, 15) is 9.50 Å². The van der Waals surface area contributed by atoms with E-state index in [-0.39, 0.29) is 5.75 Å². The zero-order valence-electron chi connectivity index (χ0n) is 6.16. The van der Waals surface area contributed by atoms with E-state index < -0.39 is 5.82 Å². The lowest BCUT2D eigenvalue weighted by Gasteiger charge is -1.99. The zero-order valence-corrected chi connectivity index (χ0v) is 6.16. The van der Waals surface area contributed by atoms with Crippen molar-refractivity contribution in [2.45, 2.75) is 0 Å². The molecule has 0 aliphatic carbocycles. The quantitative estimate of drug-likeness (QED) is 0.645. The standard InChI is InChI=1S/C9H6FNO/c10-7-3-6-1-2-11-5-8(6)9(12)4-7/h1-5,12H. The lowest BCUT2D eigenvalue weighted by atomic mass is 10.1. The minimum atomic E-state index is -0.439. The maximum absolute atomic E-state index is 12.7. The maximum Gasteiger partial charge on any atom is 0.127 e. The highest BCUT2D eigenvalue weighted by atomic mass is 19.1. The van der Waals surface area contributed by atoms with Crippen molar-refractivity contribution in [3.8, 4) is 5.75 Å². The molecule has 2 rings (SSSR count). The molecular weight excluding hydrogens is 157 g/mol. The summed E-state index contributed by atoms with van der Waals surface area (Å²) in [5, 5.41) is 10.5. The number of rotatable bonds is 0. The lowest BCUT2D eigenvalue weighted by Crippen LogP contribution is -1.79. The Kier molecular flexibility index (Phi) is 1.43. The Morgan fingerprint density at radius 3 is 3.00 bits per heavy atom. The molecule has 12 heavy (non-hydrogen) atoms. The molecule has 0 spiro atoms. The van der Waals surface area contributed by atoms with Gasteiger partial charge in [0.05, 0.1) is 0 Å². The number of pyridine rings is 1. The van der Waals surface area contributed by atoms with Crippen LogP contribution >= 0.6 is 0 Å². The molecule has 60 valence electrons. The Morgan fingerprint density at radius 1 is 1.33 bits per heavy atom. The minimum absolute atomic E-state index is 0.0712. The van der Waals surface area contributed by atoms with Gasteiger partial charge in [0.15, 0.2) is 0 Å². The minimum Gasteiger partial charge on any atom is -0.507 e. The second-order valence-electron chi connectivity index (χ2n) is 2.52. The molecule has 0 amide bonds. The number of benzene rings is 1. The maximum atomic E-state index is 12.7. The summed E-state index contributed by atoms with van der Waals surface area (Å²) in [4.78, 5) is 3.82. The van der Waals surface area contributed by atoms with Crippen molar-refractivity contribution in [2.24, 2.45) is 0 Å². The number of phenolic OH excluding ortho intramolecular Hbond substituents is 1. The second kappa shape index (κ2) is 2.44. The van der Waals surface area contributed by atoms with Gasteiger partial charge < -0.3 is 5.11 Å².